The molecule has 2 aromatic carbocycles. The normalized spacial score (nSPS) is 11.8. The average Bonchev–Trinajstić information content (AvgIpc) is 2.84. The highest BCUT2D eigenvalue weighted by Gasteiger charge is 2.34. The fraction of sp³-hybridized carbons (Fsp3) is 0.118. The van der Waals surface area contributed by atoms with Crippen LogP contribution in [0.25, 0.3) is 22.2 Å². The first-order valence-electron chi connectivity index (χ1n) is 6.96. The number of rotatable bonds is 3. The van der Waals surface area contributed by atoms with Crippen molar-refractivity contribution in [2.24, 2.45) is 0 Å². The van der Waals surface area contributed by atoms with Gasteiger partial charge < -0.3 is 10.1 Å². The number of halogens is 4. The predicted octanol–water partition coefficient (Wildman–Crippen LogP) is 4.62. The number of nitrogens with one attached hydrogen (secondary N) is 1. The average molecular weight is 337 g/mol. The molecule has 2 N–H and O–H groups in total. The van der Waals surface area contributed by atoms with Crippen molar-refractivity contribution in [1.82, 2.24) is 4.98 Å². The van der Waals surface area contributed by atoms with Crippen molar-refractivity contribution >= 4 is 16.9 Å². The molecule has 1 heterocycles. The van der Waals surface area contributed by atoms with E-state index in [1.807, 2.05) is 0 Å². The number of H-pyrrole nitrogens is 1. The highest BCUT2D eigenvalue weighted by molar-refractivity contribution is 5.94. The zero-order valence-corrected chi connectivity index (χ0v) is 12.1. The van der Waals surface area contributed by atoms with Crippen molar-refractivity contribution < 1.29 is 27.5 Å². The van der Waals surface area contributed by atoms with E-state index in [0.717, 1.165) is 18.2 Å². The number of hydrogen-bond donors (Lipinski definition) is 2. The number of benzene rings is 2. The van der Waals surface area contributed by atoms with Crippen molar-refractivity contribution in [1.29, 1.82) is 0 Å². The smallest absolute Gasteiger partial charge is 0.417 e. The van der Waals surface area contributed by atoms with Gasteiger partial charge in [0.1, 0.15) is 5.82 Å². The third-order valence-corrected chi connectivity index (χ3v) is 3.70. The molecular formula is C17H11F4NO2. The molecule has 7 heteroatoms. The summed E-state index contributed by atoms with van der Waals surface area (Å²) in [7, 11) is 0. The first kappa shape index (κ1) is 16.0. The maximum atomic E-state index is 13.5. The second kappa shape index (κ2) is 5.67. The number of carboxylic acid groups (broad SMARTS) is 1. The number of aromatic nitrogens is 1. The summed E-state index contributed by atoms with van der Waals surface area (Å²) in [5.41, 5.74) is -0.527. The molecule has 0 aliphatic heterocycles. The minimum atomic E-state index is -4.60. The summed E-state index contributed by atoms with van der Waals surface area (Å²) in [6, 6.07) is 8.51. The minimum absolute atomic E-state index is 0.0333. The zero-order valence-electron chi connectivity index (χ0n) is 12.1. The second-order valence-corrected chi connectivity index (χ2v) is 5.28. The Morgan fingerprint density at radius 3 is 2.50 bits per heavy atom. The van der Waals surface area contributed by atoms with Crippen LogP contribution in [0.4, 0.5) is 17.6 Å². The van der Waals surface area contributed by atoms with Crippen LogP contribution >= 0.6 is 0 Å². The molecule has 3 rings (SSSR count). The number of carboxylic acids is 1. The van der Waals surface area contributed by atoms with Crippen molar-refractivity contribution in [3.8, 4) is 11.3 Å². The van der Waals surface area contributed by atoms with Crippen LogP contribution < -0.4 is 0 Å². The third kappa shape index (κ3) is 2.84. The van der Waals surface area contributed by atoms with Gasteiger partial charge in [-0.1, -0.05) is 18.2 Å². The van der Waals surface area contributed by atoms with Crippen molar-refractivity contribution in [3.63, 3.8) is 0 Å². The first-order valence-corrected chi connectivity index (χ1v) is 6.96. The molecule has 3 aromatic rings. The number of aliphatic carboxylic acids is 1. The number of carbonyl (C=O) groups is 1. The number of fused-ring (bicyclic) bond motifs is 1. The lowest BCUT2D eigenvalue weighted by molar-refractivity contribution is -0.137. The lowest BCUT2D eigenvalue weighted by atomic mass is 9.98. The molecule has 0 amide bonds. The molecule has 0 aliphatic rings. The molecule has 0 bridgehead atoms. The molecule has 0 spiro atoms. The SMILES string of the molecule is O=C(O)Cc1c(-c2ccccc2C(F)(F)F)[nH]c2ccc(F)cc12. The van der Waals surface area contributed by atoms with Crippen LogP contribution in [0.5, 0.6) is 0 Å². The summed E-state index contributed by atoms with van der Waals surface area (Å²) in [4.78, 5) is 13.9. The van der Waals surface area contributed by atoms with E-state index in [1.165, 1.54) is 24.3 Å². The van der Waals surface area contributed by atoms with E-state index in [4.69, 9.17) is 5.11 Å². The molecular weight excluding hydrogens is 326 g/mol. The van der Waals surface area contributed by atoms with Crippen molar-refractivity contribution in [3.05, 3.63) is 59.4 Å². The molecule has 0 aliphatic carbocycles. The third-order valence-electron chi connectivity index (χ3n) is 3.70. The lowest BCUT2D eigenvalue weighted by Gasteiger charge is -2.13. The largest absolute Gasteiger partial charge is 0.481 e. The number of aromatic amines is 1. The molecule has 0 atom stereocenters. The first-order chi connectivity index (χ1) is 11.3. The maximum absolute atomic E-state index is 13.5. The van der Waals surface area contributed by atoms with Gasteiger partial charge in [-0.3, -0.25) is 4.79 Å². The van der Waals surface area contributed by atoms with E-state index in [-0.39, 0.29) is 22.2 Å². The Kier molecular flexibility index (Phi) is 3.79. The molecule has 1 aromatic heterocycles. The molecule has 0 fully saturated rings. The summed E-state index contributed by atoms with van der Waals surface area (Å²) in [5.74, 6) is -1.81. The Hall–Kier alpha value is -2.83. The fourth-order valence-corrected chi connectivity index (χ4v) is 2.73. The summed E-state index contributed by atoms with van der Waals surface area (Å²) in [5, 5.41) is 9.34. The molecule has 0 radical (unpaired) electrons. The number of hydrogen-bond acceptors (Lipinski definition) is 1. The van der Waals surface area contributed by atoms with Crippen LogP contribution in [-0.2, 0) is 17.4 Å². The molecule has 24 heavy (non-hydrogen) atoms. The quantitative estimate of drug-likeness (QED) is 0.685. The van der Waals surface area contributed by atoms with Gasteiger partial charge in [0.05, 0.1) is 17.7 Å². The van der Waals surface area contributed by atoms with Crippen LogP contribution in [0.1, 0.15) is 11.1 Å². The Morgan fingerprint density at radius 1 is 1.12 bits per heavy atom. The maximum Gasteiger partial charge on any atom is 0.417 e. The minimum Gasteiger partial charge on any atom is -0.481 e. The predicted molar refractivity (Wildman–Crippen MR) is 80.0 cm³/mol. The zero-order chi connectivity index (χ0) is 17.5. The standard InChI is InChI=1S/C17H11F4NO2/c18-9-5-6-14-11(7-9)12(8-15(23)24)16(22-14)10-3-1-2-4-13(10)17(19,20)21/h1-7,22H,8H2,(H,23,24). The summed E-state index contributed by atoms with van der Waals surface area (Å²) in [6.07, 6.45) is -5.12. The molecule has 0 saturated heterocycles. The van der Waals surface area contributed by atoms with Gasteiger partial charge in [0.2, 0.25) is 0 Å². The summed E-state index contributed by atoms with van der Waals surface area (Å²) >= 11 is 0. The monoisotopic (exact) mass is 337 g/mol. The summed E-state index contributed by atoms with van der Waals surface area (Å²) < 4.78 is 53.3. The highest BCUT2D eigenvalue weighted by Crippen LogP contribution is 2.39. The van der Waals surface area contributed by atoms with Gasteiger partial charge in [0.15, 0.2) is 0 Å². The van der Waals surface area contributed by atoms with E-state index >= 15 is 0 Å². The Labute approximate surface area is 133 Å². The van der Waals surface area contributed by atoms with Crippen LogP contribution in [-0.4, -0.2) is 16.1 Å². The van der Waals surface area contributed by atoms with Gasteiger partial charge >= 0.3 is 12.1 Å². The van der Waals surface area contributed by atoms with E-state index in [2.05, 4.69) is 4.98 Å². The Bertz CT molecular complexity index is 928. The van der Waals surface area contributed by atoms with E-state index in [9.17, 15) is 22.4 Å². The Balaban J connectivity index is 2.33. The van der Waals surface area contributed by atoms with Crippen LogP contribution in [0.3, 0.4) is 0 Å². The van der Waals surface area contributed by atoms with Crippen molar-refractivity contribution in [2.45, 2.75) is 12.6 Å². The Morgan fingerprint density at radius 2 is 1.83 bits per heavy atom. The van der Waals surface area contributed by atoms with Gasteiger partial charge in [-0.25, -0.2) is 4.39 Å². The summed E-state index contributed by atoms with van der Waals surface area (Å²) in [6.45, 7) is 0. The molecule has 0 unspecified atom stereocenters. The molecule has 3 nitrogen and oxygen atoms in total. The van der Waals surface area contributed by atoms with Gasteiger partial charge in [-0.15, -0.1) is 0 Å². The van der Waals surface area contributed by atoms with Crippen LogP contribution in [0.2, 0.25) is 0 Å². The topological polar surface area (TPSA) is 53.1 Å². The van der Waals surface area contributed by atoms with E-state index in [1.54, 1.807) is 0 Å². The molecule has 124 valence electrons. The van der Waals surface area contributed by atoms with Crippen molar-refractivity contribution in [2.75, 3.05) is 0 Å². The van der Waals surface area contributed by atoms with Gasteiger partial charge in [-0.2, -0.15) is 13.2 Å². The highest BCUT2D eigenvalue weighted by atomic mass is 19.4. The van der Waals surface area contributed by atoms with E-state index in [0.29, 0.717) is 5.52 Å². The lowest BCUT2D eigenvalue weighted by Crippen LogP contribution is -2.08. The van der Waals surface area contributed by atoms with Gasteiger partial charge in [0.25, 0.3) is 0 Å². The molecule has 0 saturated carbocycles. The van der Waals surface area contributed by atoms with Crippen LogP contribution in [0, 0.1) is 5.82 Å². The number of alkyl halides is 3. The second-order valence-electron chi connectivity index (χ2n) is 5.28. The van der Waals surface area contributed by atoms with Crippen LogP contribution in [0.15, 0.2) is 42.5 Å². The van der Waals surface area contributed by atoms with Gasteiger partial charge in [0, 0.05) is 16.5 Å². The van der Waals surface area contributed by atoms with Gasteiger partial charge in [-0.05, 0) is 29.8 Å². The fourth-order valence-electron chi connectivity index (χ4n) is 2.73. The van der Waals surface area contributed by atoms with E-state index < -0.39 is 29.9 Å².